The molecule has 2 aromatic carbocycles. The van der Waals surface area contributed by atoms with Gasteiger partial charge in [0.15, 0.2) is 28.5 Å². The number of likely N-dealkylation sites (tertiary alicyclic amines) is 1. The molecule has 2 aliphatic heterocycles. The highest BCUT2D eigenvalue weighted by atomic mass is 19.3. The van der Waals surface area contributed by atoms with Gasteiger partial charge < -0.3 is 33.5 Å². The van der Waals surface area contributed by atoms with Crippen LogP contribution in [0.25, 0.3) is 0 Å². The van der Waals surface area contributed by atoms with Crippen molar-refractivity contribution in [1.29, 1.82) is 0 Å². The van der Waals surface area contributed by atoms with E-state index in [-0.39, 0.29) is 12.5 Å². The van der Waals surface area contributed by atoms with Crippen molar-refractivity contribution in [3.63, 3.8) is 0 Å². The predicted molar refractivity (Wildman–Crippen MR) is 144 cm³/mol. The lowest BCUT2D eigenvalue weighted by molar-refractivity contribution is -0.154. The van der Waals surface area contributed by atoms with Gasteiger partial charge in [0.1, 0.15) is 0 Å². The first-order valence-corrected chi connectivity index (χ1v) is 13.2. The van der Waals surface area contributed by atoms with Gasteiger partial charge in [0, 0.05) is 37.0 Å². The number of benzene rings is 2. The molecular weight excluding hydrogens is 526 g/mol. The number of fused-ring (bicyclic) bond motifs is 2. The molecule has 0 aromatic heterocycles. The maximum atomic E-state index is 14.2. The number of piperidine rings is 1. The molecule has 2 heterocycles. The molecule has 2 fully saturated rings. The quantitative estimate of drug-likeness (QED) is 0.357. The second kappa shape index (κ2) is 12.2. The average Bonchev–Trinajstić information content (AvgIpc) is 2.97. The minimum Gasteiger partial charge on any atom is -0.493 e. The van der Waals surface area contributed by atoms with E-state index in [1.807, 2.05) is 18.2 Å². The molecule has 2 aliphatic rings. The summed E-state index contributed by atoms with van der Waals surface area (Å²) in [6.45, 7) is 0.630. The van der Waals surface area contributed by atoms with Crippen molar-refractivity contribution >= 4 is 17.4 Å². The van der Waals surface area contributed by atoms with Crippen molar-refractivity contribution in [2.24, 2.45) is 0 Å². The van der Waals surface area contributed by atoms with E-state index in [1.165, 1.54) is 21.3 Å². The number of ketones is 1. The Kier molecular flexibility index (Phi) is 8.90. The molecule has 218 valence electrons. The normalized spacial score (nSPS) is 20.4. The molecule has 2 saturated heterocycles. The Balaban J connectivity index is 1.66. The molecule has 2 aromatic rings. The highest BCUT2D eigenvalue weighted by Crippen LogP contribution is 2.48. The van der Waals surface area contributed by atoms with Crippen LogP contribution < -0.4 is 28.6 Å². The third kappa shape index (κ3) is 5.09. The second-order valence-electron chi connectivity index (χ2n) is 9.87. The molecule has 4 rings (SSSR count). The van der Waals surface area contributed by atoms with Crippen LogP contribution in [0.5, 0.6) is 28.7 Å². The Morgan fingerprint density at radius 3 is 2.17 bits per heavy atom. The highest BCUT2D eigenvalue weighted by Gasteiger charge is 2.61. The Morgan fingerprint density at radius 1 is 0.950 bits per heavy atom. The molecule has 0 N–H and O–H groups in total. The minimum absolute atomic E-state index is 0.00561. The zero-order valence-corrected chi connectivity index (χ0v) is 23.5. The topological polar surface area (TPSA) is 86.8 Å². The van der Waals surface area contributed by atoms with E-state index < -0.39 is 23.7 Å². The van der Waals surface area contributed by atoms with Crippen molar-refractivity contribution in [2.75, 3.05) is 53.5 Å². The predicted octanol–water partition coefficient (Wildman–Crippen LogP) is 4.14. The summed E-state index contributed by atoms with van der Waals surface area (Å²) in [5.41, 5.74) is -0.644. The van der Waals surface area contributed by atoms with Crippen LogP contribution in [0.3, 0.4) is 0 Å². The van der Waals surface area contributed by atoms with Gasteiger partial charge in [-0.15, -0.1) is 0 Å². The van der Waals surface area contributed by atoms with Crippen LogP contribution in [-0.4, -0.2) is 83.2 Å². The SMILES string of the molecule is COc1ccc(CCCN2CC3CCCC(C(=O)C(F)F)(C2=O)N3c2cc(OC)c(OC)c(OC)c2)cc1OC. The third-order valence-electron chi connectivity index (χ3n) is 7.80. The first-order valence-electron chi connectivity index (χ1n) is 13.2. The number of hydrogen-bond acceptors (Lipinski definition) is 8. The summed E-state index contributed by atoms with van der Waals surface area (Å²) in [6.07, 6.45) is -0.991. The molecule has 2 bridgehead atoms. The van der Waals surface area contributed by atoms with Crippen LogP contribution in [0.4, 0.5) is 14.5 Å². The Morgan fingerprint density at radius 2 is 1.60 bits per heavy atom. The number of nitrogens with zero attached hydrogens (tertiary/aromatic N) is 2. The summed E-state index contributed by atoms with van der Waals surface area (Å²) < 4.78 is 55.3. The minimum atomic E-state index is -3.31. The van der Waals surface area contributed by atoms with Gasteiger partial charge in [-0.1, -0.05) is 6.07 Å². The van der Waals surface area contributed by atoms with E-state index in [2.05, 4.69) is 0 Å². The van der Waals surface area contributed by atoms with Crippen molar-refractivity contribution in [2.45, 2.75) is 50.1 Å². The third-order valence-corrected chi connectivity index (χ3v) is 7.80. The molecule has 0 spiro atoms. The van der Waals surface area contributed by atoms with E-state index in [1.54, 1.807) is 36.2 Å². The van der Waals surface area contributed by atoms with E-state index in [9.17, 15) is 18.4 Å². The number of Topliss-reactive ketones (excluding diaryl/α,β-unsaturated/α-hetero) is 1. The maximum Gasteiger partial charge on any atom is 0.298 e. The van der Waals surface area contributed by atoms with Gasteiger partial charge in [-0.05, 0) is 49.8 Å². The van der Waals surface area contributed by atoms with Crippen LogP contribution in [0, 0.1) is 0 Å². The smallest absolute Gasteiger partial charge is 0.298 e. The van der Waals surface area contributed by atoms with Gasteiger partial charge in [0.2, 0.25) is 11.5 Å². The molecule has 40 heavy (non-hydrogen) atoms. The number of alkyl halides is 2. The summed E-state index contributed by atoms with van der Waals surface area (Å²) >= 11 is 0. The van der Waals surface area contributed by atoms with Crippen LogP contribution >= 0.6 is 0 Å². The summed E-state index contributed by atoms with van der Waals surface area (Å²) in [4.78, 5) is 30.5. The van der Waals surface area contributed by atoms with Crippen LogP contribution in [0.2, 0.25) is 0 Å². The van der Waals surface area contributed by atoms with Crippen molar-refractivity contribution in [3.8, 4) is 28.7 Å². The van der Waals surface area contributed by atoms with Crippen LogP contribution in [-0.2, 0) is 16.0 Å². The highest BCUT2D eigenvalue weighted by molar-refractivity contribution is 6.15. The second-order valence-corrected chi connectivity index (χ2v) is 9.87. The monoisotopic (exact) mass is 562 g/mol. The molecule has 2 unspecified atom stereocenters. The van der Waals surface area contributed by atoms with Crippen molar-refractivity contribution in [3.05, 3.63) is 35.9 Å². The van der Waals surface area contributed by atoms with E-state index in [0.717, 1.165) is 5.56 Å². The van der Waals surface area contributed by atoms with Crippen LogP contribution in [0.15, 0.2) is 30.3 Å². The number of rotatable bonds is 12. The van der Waals surface area contributed by atoms with E-state index in [0.29, 0.717) is 73.2 Å². The molecular formula is C29H36F2N2O7. The lowest BCUT2D eigenvalue weighted by Gasteiger charge is -2.56. The average molecular weight is 563 g/mol. The van der Waals surface area contributed by atoms with E-state index >= 15 is 0 Å². The van der Waals surface area contributed by atoms with Crippen molar-refractivity contribution < 1.29 is 42.1 Å². The number of halogens is 2. The Hall–Kier alpha value is -3.76. The number of methoxy groups -OCH3 is 5. The number of ether oxygens (including phenoxy) is 5. The fraction of sp³-hybridized carbons (Fsp3) is 0.517. The molecule has 0 radical (unpaired) electrons. The van der Waals surface area contributed by atoms with Gasteiger partial charge in [0.05, 0.1) is 35.5 Å². The maximum absolute atomic E-state index is 14.2. The standard InChI is InChI=1S/C29H36F2N2O7/c1-36-21-11-10-18(14-22(21)37-2)8-7-13-32-17-19-9-6-12-29(28(32)35,26(34)27(30)31)33(19)20-15-23(38-3)25(40-5)24(16-20)39-4/h10-11,14-16,19,27H,6-9,12-13,17H2,1-5H3. The zero-order chi connectivity index (χ0) is 29.0. The fourth-order valence-electron chi connectivity index (χ4n) is 6.00. The number of carbonyl (C=O) groups is 2. The summed E-state index contributed by atoms with van der Waals surface area (Å²) in [5, 5.41) is 0. The lowest BCUT2D eigenvalue weighted by Crippen LogP contribution is -2.75. The number of hydrogen-bond donors (Lipinski definition) is 0. The number of amides is 1. The van der Waals surface area contributed by atoms with E-state index in [4.69, 9.17) is 23.7 Å². The first-order chi connectivity index (χ1) is 19.2. The molecule has 9 nitrogen and oxygen atoms in total. The zero-order valence-electron chi connectivity index (χ0n) is 23.5. The molecule has 0 saturated carbocycles. The van der Waals surface area contributed by atoms with Gasteiger partial charge >= 0.3 is 0 Å². The Labute approximate surface area is 232 Å². The Bertz CT molecular complexity index is 1220. The molecule has 1 amide bonds. The largest absolute Gasteiger partial charge is 0.493 e. The number of aryl methyl sites for hydroxylation is 1. The van der Waals surface area contributed by atoms with Crippen molar-refractivity contribution in [1.82, 2.24) is 4.90 Å². The van der Waals surface area contributed by atoms with Gasteiger partial charge in [-0.2, -0.15) is 0 Å². The summed E-state index contributed by atoms with van der Waals surface area (Å²) in [7, 11) is 7.48. The number of anilines is 1. The summed E-state index contributed by atoms with van der Waals surface area (Å²) in [5.74, 6) is 0.165. The number of piperazine rings is 1. The molecule has 11 heteroatoms. The lowest BCUT2D eigenvalue weighted by atomic mass is 9.75. The summed E-state index contributed by atoms with van der Waals surface area (Å²) in [6, 6.07) is 8.47. The first kappa shape index (κ1) is 29.2. The molecule has 2 atom stereocenters. The van der Waals surface area contributed by atoms with Gasteiger partial charge in [-0.25, -0.2) is 8.78 Å². The van der Waals surface area contributed by atoms with Gasteiger partial charge in [0.25, 0.3) is 12.3 Å². The number of carbonyl (C=O) groups excluding carboxylic acids is 2. The van der Waals surface area contributed by atoms with Crippen LogP contribution in [0.1, 0.15) is 31.2 Å². The fourth-order valence-corrected chi connectivity index (χ4v) is 6.00. The molecule has 0 aliphatic carbocycles. The van der Waals surface area contributed by atoms with Gasteiger partial charge in [-0.3, -0.25) is 9.59 Å².